The van der Waals surface area contributed by atoms with Gasteiger partial charge in [0.15, 0.2) is 6.10 Å². The normalized spacial score (nSPS) is 11.1. The van der Waals surface area contributed by atoms with Crippen molar-refractivity contribution in [3.8, 4) is 6.07 Å². The first-order chi connectivity index (χ1) is 12.3. The average Bonchev–Trinajstić information content (AvgIpc) is 2.61. The Morgan fingerprint density at radius 1 is 1.23 bits per heavy atom. The number of ether oxygens (including phenoxy) is 1. The zero-order valence-corrected chi connectivity index (χ0v) is 14.1. The molecule has 0 aliphatic heterocycles. The third-order valence-corrected chi connectivity index (χ3v) is 3.68. The van der Waals surface area contributed by atoms with E-state index >= 15 is 0 Å². The predicted octanol–water partition coefficient (Wildman–Crippen LogP) is 2.96. The Morgan fingerprint density at radius 3 is 2.58 bits per heavy atom. The number of esters is 1. The molecule has 8 nitrogen and oxygen atoms in total. The molecule has 8 heteroatoms. The van der Waals surface area contributed by atoms with Gasteiger partial charge in [0.2, 0.25) is 0 Å². The number of benzene rings is 2. The van der Waals surface area contributed by atoms with E-state index in [1.807, 2.05) is 6.07 Å². The number of rotatable bonds is 5. The maximum absolute atomic E-state index is 12.3. The first-order valence-electron chi connectivity index (χ1n) is 7.60. The van der Waals surface area contributed by atoms with Crippen LogP contribution in [0.15, 0.2) is 42.5 Å². The van der Waals surface area contributed by atoms with E-state index in [1.54, 1.807) is 24.3 Å². The van der Waals surface area contributed by atoms with Gasteiger partial charge >= 0.3 is 5.97 Å². The fourth-order valence-electron chi connectivity index (χ4n) is 2.24. The minimum Gasteiger partial charge on any atom is -0.449 e. The van der Waals surface area contributed by atoms with Gasteiger partial charge in [0.05, 0.1) is 21.7 Å². The first-order valence-corrected chi connectivity index (χ1v) is 7.60. The average molecular weight is 353 g/mol. The summed E-state index contributed by atoms with van der Waals surface area (Å²) in [6, 6.07) is 12.4. The number of hydrogen-bond acceptors (Lipinski definition) is 6. The smallest absolute Gasteiger partial charge is 0.339 e. The number of para-hydroxylation sites is 1. The van der Waals surface area contributed by atoms with Crippen LogP contribution in [0.3, 0.4) is 0 Å². The summed E-state index contributed by atoms with van der Waals surface area (Å²) in [7, 11) is 0. The van der Waals surface area contributed by atoms with Gasteiger partial charge in [-0.25, -0.2) is 4.79 Å². The molecule has 0 aromatic heterocycles. The highest BCUT2D eigenvalue weighted by Gasteiger charge is 2.23. The SMILES string of the molecule is Cc1c(C(=O)O[C@@H](C)C(=O)Nc2ccccc2C#N)cccc1[N+](=O)[O-]. The topological polar surface area (TPSA) is 122 Å². The molecule has 0 heterocycles. The Hall–Kier alpha value is -3.73. The Kier molecular flexibility index (Phi) is 5.65. The number of nitro benzene ring substituents is 1. The highest BCUT2D eigenvalue weighted by molar-refractivity contribution is 5.98. The van der Waals surface area contributed by atoms with Crippen LogP contribution in [0.2, 0.25) is 0 Å². The molecule has 0 radical (unpaired) electrons. The summed E-state index contributed by atoms with van der Waals surface area (Å²) < 4.78 is 5.10. The second-order valence-corrected chi connectivity index (χ2v) is 5.40. The van der Waals surface area contributed by atoms with Gasteiger partial charge in [-0.1, -0.05) is 18.2 Å². The second kappa shape index (κ2) is 7.90. The third kappa shape index (κ3) is 4.02. The molecule has 1 atom stereocenters. The summed E-state index contributed by atoms with van der Waals surface area (Å²) in [4.78, 5) is 34.8. The fraction of sp³-hybridized carbons (Fsp3) is 0.167. The quantitative estimate of drug-likeness (QED) is 0.501. The number of nitro groups is 1. The summed E-state index contributed by atoms with van der Waals surface area (Å²) >= 11 is 0. The molecule has 2 rings (SSSR count). The number of anilines is 1. The Balaban J connectivity index is 2.12. The minimum atomic E-state index is -1.16. The van der Waals surface area contributed by atoms with E-state index in [0.29, 0.717) is 5.69 Å². The number of nitriles is 1. The van der Waals surface area contributed by atoms with Gasteiger partial charge < -0.3 is 10.1 Å². The number of amides is 1. The first kappa shape index (κ1) is 18.6. The van der Waals surface area contributed by atoms with Crippen LogP contribution in [0.4, 0.5) is 11.4 Å². The lowest BCUT2D eigenvalue weighted by atomic mass is 10.1. The Morgan fingerprint density at radius 2 is 1.92 bits per heavy atom. The highest BCUT2D eigenvalue weighted by atomic mass is 16.6. The van der Waals surface area contributed by atoms with E-state index in [2.05, 4.69) is 5.32 Å². The molecule has 132 valence electrons. The van der Waals surface area contributed by atoms with Crippen molar-refractivity contribution in [1.82, 2.24) is 0 Å². The zero-order valence-electron chi connectivity index (χ0n) is 14.1. The lowest BCUT2D eigenvalue weighted by Gasteiger charge is -2.15. The van der Waals surface area contributed by atoms with Crippen LogP contribution < -0.4 is 5.32 Å². The highest BCUT2D eigenvalue weighted by Crippen LogP contribution is 2.22. The van der Waals surface area contributed by atoms with Crippen molar-refractivity contribution in [3.63, 3.8) is 0 Å². The second-order valence-electron chi connectivity index (χ2n) is 5.40. The monoisotopic (exact) mass is 353 g/mol. The standard InChI is InChI=1S/C18H15N3O5/c1-11-14(7-5-9-16(11)21(24)25)18(23)26-12(2)17(22)20-15-8-4-3-6-13(15)10-19/h3-9,12H,1-2H3,(H,20,22)/t12-/m0/s1. The van der Waals surface area contributed by atoms with Gasteiger partial charge in [-0.05, 0) is 32.0 Å². The van der Waals surface area contributed by atoms with Crippen molar-refractivity contribution in [2.75, 3.05) is 5.32 Å². The third-order valence-electron chi connectivity index (χ3n) is 3.68. The maximum atomic E-state index is 12.3. The molecule has 0 fully saturated rings. The van der Waals surface area contributed by atoms with Crippen LogP contribution in [0.25, 0.3) is 0 Å². The van der Waals surface area contributed by atoms with E-state index in [1.165, 1.54) is 32.0 Å². The summed E-state index contributed by atoms with van der Waals surface area (Å²) in [6.07, 6.45) is -1.16. The van der Waals surface area contributed by atoms with Gasteiger partial charge in [-0.3, -0.25) is 14.9 Å². The van der Waals surface area contributed by atoms with Crippen LogP contribution in [0.1, 0.15) is 28.4 Å². The van der Waals surface area contributed by atoms with Crippen molar-refractivity contribution in [3.05, 3.63) is 69.3 Å². The lowest BCUT2D eigenvalue weighted by Crippen LogP contribution is -2.30. The van der Waals surface area contributed by atoms with Crippen molar-refractivity contribution in [2.45, 2.75) is 20.0 Å². The largest absolute Gasteiger partial charge is 0.449 e. The molecule has 0 spiro atoms. The Bertz CT molecular complexity index is 917. The van der Waals surface area contributed by atoms with Crippen molar-refractivity contribution in [1.29, 1.82) is 5.26 Å². The number of hydrogen-bond donors (Lipinski definition) is 1. The summed E-state index contributed by atoms with van der Waals surface area (Å²) in [5.41, 5.74) is 0.532. The van der Waals surface area contributed by atoms with Gasteiger partial charge in [-0.15, -0.1) is 0 Å². The van der Waals surface area contributed by atoms with Crippen LogP contribution in [-0.4, -0.2) is 22.9 Å². The van der Waals surface area contributed by atoms with E-state index in [4.69, 9.17) is 10.00 Å². The van der Waals surface area contributed by atoms with Crippen LogP contribution in [0, 0.1) is 28.4 Å². The number of nitrogens with zero attached hydrogens (tertiary/aromatic N) is 2. The van der Waals surface area contributed by atoms with Crippen LogP contribution >= 0.6 is 0 Å². The zero-order chi connectivity index (χ0) is 19.3. The molecular formula is C18H15N3O5. The molecule has 0 aliphatic carbocycles. The predicted molar refractivity (Wildman–Crippen MR) is 92.5 cm³/mol. The number of carbonyl (C=O) groups excluding carboxylic acids is 2. The molecule has 26 heavy (non-hydrogen) atoms. The molecule has 0 bridgehead atoms. The van der Waals surface area contributed by atoms with E-state index in [0.717, 1.165) is 0 Å². The summed E-state index contributed by atoms with van der Waals surface area (Å²) in [6.45, 7) is 2.80. The molecule has 0 saturated carbocycles. The van der Waals surface area contributed by atoms with Gasteiger partial charge in [0, 0.05) is 11.6 Å². The van der Waals surface area contributed by atoms with Crippen molar-refractivity contribution in [2.24, 2.45) is 0 Å². The van der Waals surface area contributed by atoms with Crippen LogP contribution in [0.5, 0.6) is 0 Å². The van der Waals surface area contributed by atoms with Gasteiger partial charge in [0.25, 0.3) is 11.6 Å². The van der Waals surface area contributed by atoms with Gasteiger partial charge in [-0.2, -0.15) is 5.26 Å². The molecule has 0 saturated heterocycles. The molecule has 0 aliphatic rings. The van der Waals surface area contributed by atoms with E-state index in [-0.39, 0.29) is 22.4 Å². The van der Waals surface area contributed by atoms with Crippen molar-refractivity contribution < 1.29 is 19.2 Å². The van der Waals surface area contributed by atoms with E-state index < -0.39 is 22.9 Å². The van der Waals surface area contributed by atoms with Crippen molar-refractivity contribution >= 4 is 23.3 Å². The lowest BCUT2D eigenvalue weighted by molar-refractivity contribution is -0.385. The number of carbonyl (C=O) groups is 2. The molecular weight excluding hydrogens is 338 g/mol. The molecule has 0 unspecified atom stereocenters. The number of nitrogens with one attached hydrogen (secondary N) is 1. The summed E-state index contributed by atoms with van der Waals surface area (Å²) in [5, 5.41) is 22.5. The van der Waals surface area contributed by atoms with E-state index in [9.17, 15) is 19.7 Å². The molecule has 1 N–H and O–H groups in total. The Labute approximate surface area is 149 Å². The summed E-state index contributed by atoms with van der Waals surface area (Å²) in [5.74, 6) is -1.47. The maximum Gasteiger partial charge on any atom is 0.339 e. The molecule has 2 aromatic carbocycles. The van der Waals surface area contributed by atoms with Gasteiger partial charge in [0.1, 0.15) is 6.07 Å². The molecule has 1 amide bonds. The fourth-order valence-corrected chi connectivity index (χ4v) is 2.24. The molecule has 2 aromatic rings. The van der Waals surface area contributed by atoms with Crippen LogP contribution in [-0.2, 0) is 9.53 Å². The minimum absolute atomic E-state index is 0.0104.